The van der Waals surface area contributed by atoms with E-state index in [-0.39, 0.29) is 5.91 Å². The van der Waals surface area contributed by atoms with Crippen molar-refractivity contribution in [3.63, 3.8) is 0 Å². The Bertz CT molecular complexity index is 1040. The van der Waals surface area contributed by atoms with Crippen LogP contribution < -0.4 is 5.32 Å². The fourth-order valence-electron chi connectivity index (χ4n) is 2.57. The van der Waals surface area contributed by atoms with E-state index in [0.717, 1.165) is 22.8 Å². The van der Waals surface area contributed by atoms with Crippen LogP contribution in [0.2, 0.25) is 0 Å². The smallest absolute Gasteiger partial charge is 0.255 e. The van der Waals surface area contributed by atoms with Gasteiger partial charge in [-0.05, 0) is 43.3 Å². The molecular formula is C19H15N5O. The molecule has 0 saturated heterocycles. The van der Waals surface area contributed by atoms with E-state index in [9.17, 15) is 4.79 Å². The number of hydrogen-bond donors (Lipinski definition) is 1. The van der Waals surface area contributed by atoms with E-state index in [4.69, 9.17) is 0 Å². The Labute approximate surface area is 144 Å². The van der Waals surface area contributed by atoms with Gasteiger partial charge in [-0.1, -0.05) is 30.3 Å². The normalized spacial score (nSPS) is 10.8. The number of aromatic nitrogens is 4. The molecule has 0 spiro atoms. The monoisotopic (exact) mass is 329 g/mol. The van der Waals surface area contributed by atoms with Crippen molar-refractivity contribution in [1.29, 1.82) is 0 Å². The summed E-state index contributed by atoms with van der Waals surface area (Å²) in [5.41, 5.74) is 3.85. The number of benzene rings is 2. The van der Waals surface area contributed by atoms with Gasteiger partial charge in [0.05, 0.1) is 5.69 Å². The van der Waals surface area contributed by atoms with Crippen LogP contribution in [0.1, 0.15) is 16.2 Å². The van der Waals surface area contributed by atoms with Crippen LogP contribution in [0.4, 0.5) is 5.69 Å². The topological polar surface area (TPSA) is 72.2 Å². The van der Waals surface area contributed by atoms with Crippen molar-refractivity contribution < 1.29 is 4.79 Å². The molecule has 2 aromatic heterocycles. The Morgan fingerprint density at radius 2 is 1.68 bits per heavy atom. The van der Waals surface area contributed by atoms with Crippen molar-refractivity contribution in [2.75, 3.05) is 5.32 Å². The molecule has 1 amide bonds. The molecule has 25 heavy (non-hydrogen) atoms. The number of carbonyl (C=O) groups excluding carboxylic acids is 1. The molecule has 122 valence electrons. The maximum atomic E-state index is 12.2. The average Bonchev–Trinajstić information content (AvgIpc) is 3.03. The number of anilines is 1. The van der Waals surface area contributed by atoms with E-state index in [1.54, 1.807) is 16.6 Å². The van der Waals surface area contributed by atoms with Crippen LogP contribution in [-0.4, -0.2) is 25.7 Å². The molecule has 0 aliphatic rings. The Morgan fingerprint density at radius 1 is 0.920 bits per heavy atom. The third-order valence-corrected chi connectivity index (χ3v) is 3.89. The van der Waals surface area contributed by atoms with Crippen molar-refractivity contribution in [3.05, 3.63) is 78.1 Å². The number of nitrogens with zero attached hydrogens (tertiary/aromatic N) is 4. The number of carbonyl (C=O) groups is 1. The summed E-state index contributed by atoms with van der Waals surface area (Å²) in [6.45, 7) is 1.86. The third-order valence-electron chi connectivity index (χ3n) is 3.89. The second-order valence-corrected chi connectivity index (χ2v) is 5.63. The molecule has 1 N–H and O–H groups in total. The summed E-state index contributed by atoms with van der Waals surface area (Å²) in [5, 5.41) is 15.5. The minimum absolute atomic E-state index is 0.131. The van der Waals surface area contributed by atoms with Crippen LogP contribution in [0.15, 0.2) is 66.7 Å². The van der Waals surface area contributed by atoms with Crippen LogP contribution in [0, 0.1) is 6.92 Å². The van der Waals surface area contributed by atoms with Gasteiger partial charge in [0.25, 0.3) is 5.91 Å². The number of fused-ring (bicyclic) bond motifs is 1. The molecular weight excluding hydrogens is 314 g/mol. The van der Waals surface area contributed by atoms with E-state index in [2.05, 4.69) is 20.6 Å². The first-order valence-corrected chi connectivity index (χ1v) is 7.86. The van der Waals surface area contributed by atoms with Gasteiger partial charge in [-0.25, -0.2) is 0 Å². The van der Waals surface area contributed by atoms with Crippen LogP contribution in [-0.2, 0) is 0 Å². The molecule has 6 heteroatoms. The molecule has 2 aromatic carbocycles. The van der Waals surface area contributed by atoms with Gasteiger partial charge in [0.15, 0.2) is 11.5 Å². The zero-order valence-electron chi connectivity index (χ0n) is 13.5. The summed E-state index contributed by atoms with van der Waals surface area (Å²) in [5.74, 6) is 0.608. The summed E-state index contributed by atoms with van der Waals surface area (Å²) in [6, 6.07) is 20.5. The molecule has 0 atom stereocenters. The first-order chi connectivity index (χ1) is 12.2. The molecule has 0 unspecified atom stereocenters. The van der Waals surface area contributed by atoms with Gasteiger partial charge in [-0.15, -0.1) is 10.2 Å². The van der Waals surface area contributed by atoms with E-state index in [0.29, 0.717) is 11.2 Å². The largest absolute Gasteiger partial charge is 0.322 e. The van der Waals surface area contributed by atoms with Crippen LogP contribution >= 0.6 is 0 Å². The van der Waals surface area contributed by atoms with E-state index in [1.807, 2.05) is 61.5 Å². The van der Waals surface area contributed by atoms with Gasteiger partial charge in [-0.2, -0.15) is 9.61 Å². The predicted octanol–water partition coefficient (Wildman–Crippen LogP) is 3.35. The first kappa shape index (κ1) is 15.0. The minimum Gasteiger partial charge on any atom is -0.322 e. The maximum absolute atomic E-state index is 12.2. The Balaban J connectivity index is 1.57. The molecule has 4 aromatic rings. The van der Waals surface area contributed by atoms with Crippen molar-refractivity contribution in [1.82, 2.24) is 19.8 Å². The van der Waals surface area contributed by atoms with Crippen molar-refractivity contribution >= 4 is 17.2 Å². The third kappa shape index (κ3) is 2.97. The standard InChI is InChI=1S/C19H15N5O/c1-13-21-22-18-12-11-17(23-24(13)18)14-7-9-16(10-8-14)20-19(25)15-5-3-2-4-6-15/h2-12H,1H3,(H,20,25). The van der Waals surface area contributed by atoms with Crippen molar-refractivity contribution in [2.24, 2.45) is 0 Å². The minimum atomic E-state index is -0.131. The van der Waals surface area contributed by atoms with E-state index >= 15 is 0 Å². The highest BCUT2D eigenvalue weighted by molar-refractivity contribution is 6.04. The summed E-state index contributed by atoms with van der Waals surface area (Å²) in [7, 11) is 0. The Kier molecular flexibility index (Phi) is 3.70. The average molecular weight is 329 g/mol. The van der Waals surface area contributed by atoms with Crippen molar-refractivity contribution in [3.8, 4) is 11.3 Å². The van der Waals surface area contributed by atoms with E-state index in [1.165, 1.54) is 0 Å². The van der Waals surface area contributed by atoms with Crippen LogP contribution in [0.3, 0.4) is 0 Å². The number of amides is 1. The molecule has 2 heterocycles. The van der Waals surface area contributed by atoms with Crippen molar-refractivity contribution in [2.45, 2.75) is 6.92 Å². The summed E-state index contributed by atoms with van der Waals surface area (Å²) >= 11 is 0. The molecule has 0 aliphatic carbocycles. The molecule has 6 nitrogen and oxygen atoms in total. The Hall–Kier alpha value is -3.54. The fraction of sp³-hybridized carbons (Fsp3) is 0.0526. The van der Waals surface area contributed by atoms with Crippen LogP contribution in [0.5, 0.6) is 0 Å². The SMILES string of the molecule is Cc1nnc2ccc(-c3ccc(NC(=O)c4ccccc4)cc3)nn12. The zero-order valence-corrected chi connectivity index (χ0v) is 13.5. The predicted molar refractivity (Wildman–Crippen MR) is 95.4 cm³/mol. The van der Waals surface area contributed by atoms with Gasteiger partial charge >= 0.3 is 0 Å². The zero-order chi connectivity index (χ0) is 17.2. The number of rotatable bonds is 3. The lowest BCUT2D eigenvalue weighted by Crippen LogP contribution is -2.11. The highest BCUT2D eigenvalue weighted by atomic mass is 16.1. The second-order valence-electron chi connectivity index (χ2n) is 5.63. The molecule has 0 fully saturated rings. The lowest BCUT2D eigenvalue weighted by molar-refractivity contribution is 0.102. The lowest BCUT2D eigenvalue weighted by Gasteiger charge is -2.07. The molecule has 0 saturated carbocycles. The van der Waals surface area contributed by atoms with Gasteiger partial charge in [0.1, 0.15) is 0 Å². The van der Waals surface area contributed by atoms with Gasteiger partial charge in [0.2, 0.25) is 0 Å². The quantitative estimate of drug-likeness (QED) is 0.625. The second kappa shape index (κ2) is 6.16. The lowest BCUT2D eigenvalue weighted by atomic mass is 10.1. The first-order valence-electron chi connectivity index (χ1n) is 7.86. The number of nitrogens with one attached hydrogen (secondary N) is 1. The molecule has 0 aliphatic heterocycles. The van der Waals surface area contributed by atoms with Gasteiger partial charge in [-0.3, -0.25) is 4.79 Å². The maximum Gasteiger partial charge on any atom is 0.255 e. The highest BCUT2D eigenvalue weighted by Crippen LogP contribution is 2.20. The fourth-order valence-corrected chi connectivity index (χ4v) is 2.57. The highest BCUT2D eigenvalue weighted by Gasteiger charge is 2.07. The van der Waals surface area contributed by atoms with Gasteiger partial charge < -0.3 is 5.32 Å². The summed E-state index contributed by atoms with van der Waals surface area (Å²) in [6.07, 6.45) is 0. The molecule has 0 radical (unpaired) electrons. The molecule has 4 rings (SSSR count). The number of hydrogen-bond acceptors (Lipinski definition) is 4. The number of aryl methyl sites for hydroxylation is 1. The van der Waals surface area contributed by atoms with Crippen LogP contribution in [0.25, 0.3) is 16.9 Å². The van der Waals surface area contributed by atoms with Gasteiger partial charge in [0, 0.05) is 16.8 Å². The Morgan fingerprint density at radius 3 is 2.44 bits per heavy atom. The van der Waals surface area contributed by atoms with E-state index < -0.39 is 0 Å². The summed E-state index contributed by atoms with van der Waals surface area (Å²) in [4.78, 5) is 12.2. The summed E-state index contributed by atoms with van der Waals surface area (Å²) < 4.78 is 1.71. The molecule has 0 bridgehead atoms.